The van der Waals surface area contributed by atoms with E-state index in [4.69, 9.17) is 15.0 Å². The van der Waals surface area contributed by atoms with Crippen molar-refractivity contribution in [1.82, 2.24) is 15.0 Å². The topological polar surface area (TPSA) is 38.7 Å². The molecule has 7 aromatic carbocycles. The third-order valence-electron chi connectivity index (χ3n) is 10.6. The molecule has 0 saturated heterocycles. The van der Waals surface area contributed by atoms with Crippen LogP contribution in [0.25, 0.3) is 87.7 Å². The van der Waals surface area contributed by atoms with Crippen LogP contribution in [0.1, 0.15) is 25.0 Å². The van der Waals surface area contributed by atoms with Crippen LogP contribution in [0.15, 0.2) is 164 Å². The number of thiophene rings is 1. The number of nitrogens with zero attached hydrogens (tertiary/aromatic N) is 3. The average molecular weight is 684 g/mol. The van der Waals surface area contributed by atoms with Crippen LogP contribution in [0, 0.1) is 0 Å². The highest BCUT2D eigenvalue weighted by atomic mass is 32.1. The highest BCUT2D eigenvalue weighted by Crippen LogP contribution is 2.49. The van der Waals surface area contributed by atoms with Gasteiger partial charge in [0.2, 0.25) is 0 Å². The fraction of sp³-hybridized carbons (Fsp3) is 0.0625. The first kappa shape index (κ1) is 30.6. The summed E-state index contributed by atoms with van der Waals surface area (Å²) in [6, 6.07) is 58.2. The molecule has 3 nitrogen and oxygen atoms in total. The van der Waals surface area contributed by atoms with Gasteiger partial charge in [0, 0.05) is 42.3 Å². The standard InChI is InChI=1S/C48H33N3S/c1-48(2)41-22-10-9-17-36(41)37-28-27-34(29-42(37)48)46-49-45(33-25-23-31(24-26-33)30-13-5-3-6-14-30)50-47(51-46)40-21-12-20-39-38-19-11-18-35(43(38)52-44(39)40)32-15-7-4-8-16-32/h3-29H,1-2H3. The van der Waals surface area contributed by atoms with Crippen molar-refractivity contribution in [3.63, 3.8) is 0 Å². The Balaban J connectivity index is 1.17. The number of rotatable bonds is 5. The summed E-state index contributed by atoms with van der Waals surface area (Å²) in [4.78, 5) is 15.7. The maximum Gasteiger partial charge on any atom is 0.165 e. The molecule has 1 aliphatic rings. The van der Waals surface area contributed by atoms with E-state index in [-0.39, 0.29) is 5.41 Å². The molecule has 2 heterocycles. The zero-order chi connectivity index (χ0) is 34.8. The Morgan fingerprint density at radius 2 is 0.865 bits per heavy atom. The second-order valence-corrected chi connectivity index (χ2v) is 15.0. The van der Waals surface area contributed by atoms with Gasteiger partial charge in [-0.25, -0.2) is 15.0 Å². The van der Waals surface area contributed by atoms with Crippen molar-refractivity contribution in [2.75, 3.05) is 0 Å². The molecule has 9 aromatic rings. The predicted octanol–water partition coefficient (Wildman–Crippen LogP) is 12.9. The van der Waals surface area contributed by atoms with Crippen LogP contribution >= 0.6 is 11.3 Å². The molecule has 0 bridgehead atoms. The lowest BCUT2D eigenvalue weighted by molar-refractivity contribution is 0.660. The Bertz CT molecular complexity index is 2800. The first-order chi connectivity index (χ1) is 25.5. The summed E-state index contributed by atoms with van der Waals surface area (Å²) in [6.07, 6.45) is 0. The van der Waals surface area contributed by atoms with Gasteiger partial charge in [-0.1, -0.05) is 166 Å². The van der Waals surface area contributed by atoms with Crippen molar-refractivity contribution in [2.24, 2.45) is 0 Å². The van der Waals surface area contributed by atoms with Crippen molar-refractivity contribution in [1.29, 1.82) is 0 Å². The van der Waals surface area contributed by atoms with Crippen LogP contribution in [-0.4, -0.2) is 15.0 Å². The summed E-state index contributed by atoms with van der Waals surface area (Å²) < 4.78 is 2.44. The molecule has 10 rings (SSSR count). The number of aromatic nitrogens is 3. The molecule has 0 aliphatic heterocycles. The lowest BCUT2D eigenvalue weighted by atomic mass is 9.82. The minimum absolute atomic E-state index is 0.132. The Morgan fingerprint density at radius 3 is 1.60 bits per heavy atom. The average Bonchev–Trinajstić information content (AvgIpc) is 3.70. The first-order valence-electron chi connectivity index (χ1n) is 17.7. The van der Waals surface area contributed by atoms with E-state index in [0.717, 1.165) is 22.3 Å². The van der Waals surface area contributed by atoms with Crippen molar-refractivity contribution in [2.45, 2.75) is 19.3 Å². The minimum Gasteiger partial charge on any atom is -0.208 e. The monoisotopic (exact) mass is 683 g/mol. The van der Waals surface area contributed by atoms with E-state index in [9.17, 15) is 0 Å². The molecule has 2 aromatic heterocycles. The Morgan fingerprint density at radius 1 is 0.365 bits per heavy atom. The maximum absolute atomic E-state index is 5.27. The van der Waals surface area contributed by atoms with Crippen molar-refractivity contribution >= 4 is 31.5 Å². The van der Waals surface area contributed by atoms with E-state index in [1.807, 2.05) is 17.4 Å². The van der Waals surface area contributed by atoms with Gasteiger partial charge in [-0.05, 0) is 56.6 Å². The third-order valence-corrected chi connectivity index (χ3v) is 11.9. The van der Waals surface area contributed by atoms with Crippen molar-refractivity contribution < 1.29 is 0 Å². The third kappa shape index (κ3) is 4.90. The summed E-state index contributed by atoms with van der Waals surface area (Å²) in [5.41, 5.74) is 12.8. The van der Waals surface area contributed by atoms with E-state index in [1.165, 1.54) is 59.1 Å². The van der Waals surface area contributed by atoms with Gasteiger partial charge in [0.25, 0.3) is 0 Å². The van der Waals surface area contributed by atoms with E-state index >= 15 is 0 Å². The molecule has 0 fully saturated rings. The maximum atomic E-state index is 5.27. The molecule has 1 aliphatic carbocycles. The number of hydrogen-bond acceptors (Lipinski definition) is 4. The van der Waals surface area contributed by atoms with E-state index < -0.39 is 0 Å². The predicted molar refractivity (Wildman–Crippen MR) is 217 cm³/mol. The molecule has 0 spiro atoms. The summed E-state index contributed by atoms with van der Waals surface area (Å²) in [7, 11) is 0. The molecule has 246 valence electrons. The molecule has 0 saturated carbocycles. The lowest BCUT2D eigenvalue weighted by Crippen LogP contribution is -2.15. The van der Waals surface area contributed by atoms with Crippen LogP contribution < -0.4 is 0 Å². The Labute approximate surface area is 307 Å². The van der Waals surface area contributed by atoms with Gasteiger partial charge in [-0.2, -0.15) is 0 Å². The van der Waals surface area contributed by atoms with E-state index in [1.54, 1.807) is 0 Å². The molecular weight excluding hydrogens is 651 g/mol. The SMILES string of the molecule is CC1(C)c2ccccc2-c2ccc(-c3nc(-c4ccc(-c5ccccc5)cc4)nc(-c4cccc5c4sc4c(-c6ccccc6)cccc45)n3)cc21. The van der Waals surface area contributed by atoms with Crippen LogP contribution in [0.2, 0.25) is 0 Å². The molecule has 4 heteroatoms. The summed E-state index contributed by atoms with van der Waals surface area (Å²) in [5.74, 6) is 2.00. The van der Waals surface area contributed by atoms with E-state index in [2.05, 4.69) is 172 Å². The zero-order valence-corrected chi connectivity index (χ0v) is 29.7. The van der Waals surface area contributed by atoms with Gasteiger partial charge >= 0.3 is 0 Å². The highest BCUT2D eigenvalue weighted by molar-refractivity contribution is 7.26. The molecule has 0 N–H and O–H groups in total. The van der Waals surface area contributed by atoms with E-state index in [0.29, 0.717) is 17.5 Å². The van der Waals surface area contributed by atoms with Gasteiger partial charge in [0.05, 0.1) is 0 Å². The summed E-state index contributed by atoms with van der Waals surface area (Å²) >= 11 is 1.82. The summed E-state index contributed by atoms with van der Waals surface area (Å²) in [6.45, 7) is 4.62. The first-order valence-corrected chi connectivity index (χ1v) is 18.5. The molecular formula is C48H33N3S. The van der Waals surface area contributed by atoms with Crippen molar-refractivity contribution in [3.8, 4) is 67.5 Å². The molecule has 0 amide bonds. The van der Waals surface area contributed by atoms with Crippen LogP contribution in [-0.2, 0) is 5.41 Å². The van der Waals surface area contributed by atoms with Gasteiger partial charge in [0.1, 0.15) is 0 Å². The van der Waals surface area contributed by atoms with Gasteiger partial charge in [-0.15, -0.1) is 11.3 Å². The second-order valence-electron chi connectivity index (χ2n) is 14.0. The lowest BCUT2D eigenvalue weighted by Gasteiger charge is -2.21. The zero-order valence-electron chi connectivity index (χ0n) is 28.8. The number of benzene rings is 7. The van der Waals surface area contributed by atoms with Gasteiger partial charge in [0.15, 0.2) is 17.5 Å². The normalized spacial score (nSPS) is 13.0. The Kier molecular flexibility index (Phi) is 7.02. The molecule has 0 atom stereocenters. The number of hydrogen-bond donors (Lipinski definition) is 0. The van der Waals surface area contributed by atoms with Crippen LogP contribution in [0.5, 0.6) is 0 Å². The molecule has 0 unspecified atom stereocenters. The highest BCUT2D eigenvalue weighted by Gasteiger charge is 2.35. The second kappa shape index (κ2) is 11.9. The Hall–Kier alpha value is -6.23. The molecule has 0 radical (unpaired) electrons. The smallest absolute Gasteiger partial charge is 0.165 e. The largest absolute Gasteiger partial charge is 0.208 e. The molecule has 52 heavy (non-hydrogen) atoms. The number of fused-ring (bicyclic) bond motifs is 6. The van der Waals surface area contributed by atoms with Crippen molar-refractivity contribution in [3.05, 3.63) is 175 Å². The minimum atomic E-state index is -0.132. The summed E-state index contributed by atoms with van der Waals surface area (Å²) in [5, 5.41) is 2.46. The van der Waals surface area contributed by atoms with Crippen LogP contribution in [0.3, 0.4) is 0 Å². The fourth-order valence-electron chi connectivity index (χ4n) is 7.88. The quantitative estimate of drug-likeness (QED) is 0.181. The fourth-order valence-corrected chi connectivity index (χ4v) is 9.23. The van der Waals surface area contributed by atoms with Gasteiger partial charge in [-0.3, -0.25) is 0 Å². The van der Waals surface area contributed by atoms with Crippen LogP contribution in [0.4, 0.5) is 0 Å². The van der Waals surface area contributed by atoms with Gasteiger partial charge < -0.3 is 0 Å².